The lowest BCUT2D eigenvalue weighted by molar-refractivity contribution is -0.137. The van der Waals surface area contributed by atoms with E-state index in [0.717, 1.165) is 28.9 Å². The molecule has 3 rings (SSSR count). The van der Waals surface area contributed by atoms with Crippen molar-refractivity contribution in [2.24, 2.45) is 5.92 Å². The first-order valence-electron chi connectivity index (χ1n) is 8.51. The number of nitrogens with zero attached hydrogens (tertiary/aromatic N) is 1. The van der Waals surface area contributed by atoms with Crippen LogP contribution in [0.1, 0.15) is 23.1 Å². The van der Waals surface area contributed by atoms with Crippen LogP contribution >= 0.6 is 0 Å². The van der Waals surface area contributed by atoms with Crippen LogP contribution in [0, 0.1) is 19.8 Å². The Morgan fingerprint density at radius 3 is 2.52 bits per heavy atom. The van der Waals surface area contributed by atoms with Gasteiger partial charge < -0.3 is 10.2 Å². The molecule has 0 spiro atoms. The summed E-state index contributed by atoms with van der Waals surface area (Å²) in [5, 5.41) is 2.49. The highest BCUT2D eigenvalue weighted by molar-refractivity contribution is 6.03. The normalized spacial score (nSPS) is 17.3. The topological polar surface area (TPSA) is 49.4 Å². The van der Waals surface area contributed by atoms with E-state index in [9.17, 15) is 22.8 Å². The van der Waals surface area contributed by atoms with Gasteiger partial charge in [-0.2, -0.15) is 13.2 Å². The van der Waals surface area contributed by atoms with Gasteiger partial charge >= 0.3 is 6.18 Å². The molecule has 1 N–H and O–H groups in total. The van der Waals surface area contributed by atoms with E-state index in [1.807, 2.05) is 32.0 Å². The van der Waals surface area contributed by atoms with E-state index >= 15 is 0 Å². The van der Waals surface area contributed by atoms with Gasteiger partial charge in [0, 0.05) is 24.3 Å². The van der Waals surface area contributed by atoms with Crippen molar-refractivity contribution < 1.29 is 22.8 Å². The molecule has 0 aromatic heterocycles. The van der Waals surface area contributed by atoms with E-state index in [-0.39, 0.29) is 24.6 Å². The summed E-state index contributed by atoms with van der Waals surface area (Å²) in [5.74, 6) is -1.26. The van der Waals surface area contributed by atoms with E-state index in [1.165, 1.54) is 12.1 Å². The molecule has 1 atom stereocenters. The molecule has 0 bridgehead atoms. The molecule has 2 aromatic carbocycles. The first kappa shape index (κ1) is 18.9. The fourth-order valence-electron chi connectivity index (χ4n) is 3.04. The summed E-state index contributed by atoms with van der Waals surface area (Å²) < 4.78 is 38.4. The Kier molecular flexibility index (Phi) is 4.95. The van der Waals surface area contributed by atoms with Gasteiger partial charge in [-0.1, -0.05) is 12.1 Å². The molecule has 27 heavy (non-hydrogen) atoms. The van der Waals surface area contributed by atoms with Crippen LogP contribution in [0.5, 0.6) is 0 Å². The second-order valence-corrected chi connectivity index (χ2v) is 6.74. The maximum Gasteiger partial charge on any atom is 0.416 e. The number of hydrogen-bond donors (Lipinski definition) is 1. The lowest BCUT2D eigenvalue weighted by atomic mass is 10.1. The third-order valence-electron chi connectivity index (χ3n) is 4.76. The number of halogens is 3. The second-order valence-electron chi connectivity index (χ2n) is 6.74. The Morgan fingerprint density at radius 1 is 1.11 bits per heavy atom. The summed E-state index contributed by atoms with van der Waals surface area (Å²) in [6.07, 6.45) is -4.46. The molecular formula is C20H19F3N2O2. The van der Waals surface area contributed by atoms with Crippen molar-refractivity contribution in [3.63, 3.8) is 0 Å². The Balaban J connectivity index is 1.72. The molecule has 0 saturated carbocycles. The van der Waals surface area contributed by atoms with Crippen molar-refractivity contribution in [2.45, 2.75) is 26.4 Å². The largest absolute Gasteiger partial charge is 0.416 e. The molecule has 2 aromatic rings. The Labute approximate surface area is 155 Å². The molecule has 1 aliphatic heterocycles. The number of carbonyl (C=O) groups is 2. The van der Waals surface area contributed by atoms with Gasteiger partial charge in [0.25, 0.3) is 0 Å². The zero-order valence-corrected chi connectivity index (χ0v) is 14.9. The van der Waals surface area contributed by atoms with Crippen LogP contribution < -0.4 is 10.2 Å². The van der Waals surface area contributed by atoms with Gasteiger partial charge in [-0.15, -0.1) is 0 Å². The van der Waals surface area contributed by atoms with Crippen molar-refractivity contribution in [3.8, 4) is 0 Å². The number of aryl methyl sites for hydroxylation is 2. The molecule has 1 heterocycles. The number of hydrogen-bond acceptors (Lipinski definition) is 2. The molecule has 1 saturated heterocycles. The van der Waals surface area contributed by atoms with Gasteiger partial charge in [0.05, 0.1) is 11.5 Å². The molecule has 0 radical (unpaired) electrons. The smallest absolute Gasteiger partial charge is 0.326 e. The zero-order chi connectivity index (χ0) is 19.8. The Bertz CT molecular complexity index is 893. The van der Waals surface area contributed by atoms with Crippen molar-refractivity contribution in [2.75, 3.05) is 16.8 Å². The fraction of sp³-hybridized carbons (Fsp3) is 0.300. The number of alkyl halides is 3. The second kappa shape index (κ2) is 7.06. The third-order valence-corrected chi connectivity index (χ3v) is 4.76. The third kappa shape index (κ3) is 4.13. The summed E-state index contributed by atoms with van der Waals surface area (Å²) in [4.78, 5) is 26.3. The lowest BCUT2D eigenvalue weighted by Gasteiger charge is -2.18. The molecule has 142 valence electrons. The summed E-state index contributed by atoms with van der Waals surface area (Å²) in [6.45, 7) is 4.11. The number of benzene rings is 2. The maximum absolute atomic E-state index is 12.8. The van der Waals surface area contributed by atoms with Crippen LogP contribution in [0.4, 0.5) is 24.5 Å². The van der Waals surface area contributed by atoms with E-state index in [4.69, 9.17) is 0 Å². The summed E-state index contributed by atoms with van der Waals surface area (Å²) in [5.41, 5.74) is 2.09. The summed E-state index contributed by atoms with van der Waals surface area (Å²) >= 11 is 0. The Morgan fingerprint density at radius 2 is 1.85 bits per heavy atom. The van der Waals surface area contributed by atoms with E-state index < -0.39 is 23.6 Å². The minimum absolute atomic E-state index is 0.0255. The van der Waals surface area contributed by atoms with Gasteiger partial charge in [-0.05, 0) is 55.3 Å². The average molecular weight is 376 g/mol. The van der Waals surface area contributed by atoms with Gasteiger partial charge in [-0.25, -0.2) is 0 Å². The average Bonchev–Trinajstić information content (AvgIpc) is 2.99. The van der Waals surface area contributed by atoms with Crippen LogP contribution in [0.3, 0.4) is 0 Å². The molecular weight excluding hydrogens is 357 g/mol. The number of anilines is 2. The predicted octanol–water partition coefficient (Wildman–Crippen LogP) is 4.31. The number of carbonyl (C=O) groups excluding carboxylic acids is 2. The van der Waals surface area contributed by atoms with E-state index in [2.05, 4.69) is 5.32 Å². The summed E-state index contributed by atoms with van der Waals surface area (Å²) in [6, 6.07) is 10.1. The quantitative estimate of drug-likeness (QED) is 0.868. The molecule has 2 amide bonds. The molecule has 1 aliphatic rings. The first-order chi connectivity index (χ1) is 12.6. The first-order valence-corrected chi connectivity index (χ1v) is 8.51. The zero-order valence-electron chi connectivity index (χ0n) is 14.9. The highest BCUT2D eigenvalue weighted by Crippen LogP contribution is 2.31. The monoisotopic (exact) mass is 376 g/mol. The van der Waals surface area contributed by atoms with Crippen LogP contribution in [0.25, 0.3) is 0 Å². The summed E-state index contributed by atoms with van der Waals surface area (Å²) in [7, 11) is 0. The van der Waals surface area contributed by atoms with Crippen LogP contribution in [0.2, 0.25) is 0 Å². The van der Waals surface area contributed by atoms with Crippen molar-refractivity contribution >= 4 is 23.2 Å². The SMILES string of the molecule is Cc1ccc(N2CC(C(=O)Nc3cccc(C(F)(F)F)c3)CC2=O)cc1C. The van der Waals surface area contributed by atoms with Gasteiger partial charge in [-0.3, -0.25) is 9.59 Å². The Hall–Kier alpha value is -2.83. The molecule has 1 fully saturated rings. The number of rotatable bonds is 3. The van der Waals surface area contributed by atoms with Crippen LogP contribution in [0.15, 0.2) is 42.5 Å². The molecule has 0 aliphatic carbocycles. The highest BCUT2D eigenvalue weighted by Gasteiger charge is 2.36. The highest BCUT2D eigenvalue weighted by atomic mass is 19.4. The molecule has 4 nitrogen and oxygen atoms in total. The minimum Gasteiger partial charge on any atom is -0.326 e. The minimum atomic E-state index is -4.48. The van der Waals surface area contributed by atoms with Gasteiger partial charge in [0.15, 0.2) is 0 Å². The van der Waals surface area contributed by atoms with E-state index in [1.54, 1.807) is 4.90 Å². The maximum atomic E-state index is 12.8. The standard InChI is InChI=1S/C20H19F3N2O2/c1-12-6-7-17(8-13(12)2)25-11-14(9-18(25)26)19(27)24-16-5-3-4-15(10-16)20(21,22)23/h3-8,10,14H,9,11H2,1-2H3,(H,24,27). The molecule has 7 heteroatoms. The van der Waals surface area contributed by atoms with Crippen molar-refractivity contribution in [3.05, 3.63) is 59.2 Å². The van der Waals surface area contributed by atoms with Crippen LogP contribution in [-0.4, -0.2) is 18.4 Å². The lowest BCUT2D eigenvalue weighted by Crippen LogP contribution is -2.28. The fourth-order valence-corrected chi connectivity index (χ4v) is 3.04. The van der Waals surface area contributed by atoms with Gasteiger partial charge in [0.2, 0.25) is 11.8 Å². The van der Waals surface area contributed by atoms with Gasteiger partial charge in [0.1, 0.15) is 0 Å². The van der Waals surface area contributed by atoms with Crippen molar-refractivity contribution in [1.29, 1.82) is 0 Å². The van der Waals surface area contributed by atoms with Crippen molar-refractivity contribution in [1.82, 2.24) is 0 Å². The van der Waals surface area contributed by atoms with E-state index in [0.29, 0.717) is 0 Å². The molecule has 1 unspecified atom stereocenters. The predicted molar refractivity (Wildman–Crippen MR) is 96.4 cm³/mol. The number of amides is 2. The van der Waals surface area contributed by atoms with Crippen LogP contribution in [-0.2, 0) is 15.8 Å². The number of nitrogens with one attached hydrogen (secondary N) is 1.